The van der Waals surface area contributed by atoms with E-state index >= 15 is 0 Å². The number of piperidine rings is 1. The number of likely N-dealkylation sites (tertiary alicyclic amines) is 1. The van der Waals surface area contributed by atoms with Crippen LogP contribution in [-0.2, 0) is 17.6 Å². The summed E-state index contributed by atoms with van der Waals surface area (Å²) in [7, 11) is 0. The molecule has 0 amide bonds. The van der Waals surface area contributed by atoms with E-state index in [2.05, 4.69) is 27.7 Å². The van der Waals surface area contributed by atoms with Crippen molar-refractivity contribution in [3.63, 3.8) is 0 Å². The van der Waals surface area contributed by atoms with E-state index < -0.39 is 0 Å². The lowest BCUT2D eigenvalue weighted by molar-refractivity contribution is -0.122. The molecule has 144 valence electrons. The van der Waals surface area contributed by atoms with Crippen LogP contribution < -0.4 is 10.6 Å². The van der Waals surface area contributed by atoms with E-state index in [-0.39, 0.29) is 11.8 Å². The van der Waals surface area contributed by atoms with E-state index in [1.54, 1.807) is 6.92 Å². The number of hydrogen-bond donors (Lipinski definition) is 2. The van der Waals surface area contributed by atoms with Gasteiger partial charge < -0.3 is 10.6 Å². The van der Waals surface area contributed by atoms with Gasteiger partial charge in [0.1, 0.15) is 11.6 Å². The Balaban J connectivity index is 1.30. The van der Waals surface area contributed by atoms with E-state index in [1.807, 2.05) is 6.92 Å². The minimum atomic E-state index is 0.0783. The number of Topliss-reactive ketones (excluding diaryl/α,β-unsaturated/α-hetero) is 1. The quantitative estimate of drug-likeness (QED) is 0.700. The van der Waals surface area contributed by atoms with Gasteiger partial charge >= 0.3 is 0 Å². The number of nitrogens with zero attached hydrogens (tertiary/aromatic N) is 2. The summed E-state index contributed by atoms with van der Waals surface area (Å²) >= 11 is 0. The van der Waals surface area contributed by atoms with Crippen LogP contribution in [-0.4, -0.2) is 53.9 Å². The molecule has 5 nitrogen and oxygen atoms in total. The van der Waals surface area contributed by atoms with Crippen LogP contribution in [0.15, 0.2) is 12.1 Å². The molecule has 1 unspecified atom stereocenters. The molecule has 0 spiro atoms. The molecule has 0 aliphatic carbocycles. The van der Waals surface area contributed by atoms with Gasteiger partial charge in [0.15, 0.2) is 0 Å². The largest absolute Gasteiger partial charge is 0.370 e. The van der Waals surface area contributed by atoms with Gasteiger partial charge in [-0.15, -0.1) is 0 Å². The highest BCUT2D eigenvalue weighted by Crippen LogP contribution is 2.20. The Morgan fingerprint density at radius 1 is 1.35 bits per heavy atom. The number of ketones is 1. The minimum Gasteiger partial charge on any atom is -0.370 e. The van der Waals surface area contributed by atoms with Crippen LogP contribution in [0, 0.1) is 0 Å². The summed E-state index contributed by atoms with van der Waals surface area (Å²) in [6, 6.07) is 5.13. The number of pyridine rings is 1. The van der Waals surface area contributed by atoms with E-state index in [0.717, 1.165) is 57.7 Å². The second kappa shape index (κ2) is 9.47. The Labute approximate surface area is 157 Å². The first-order valence-corrected chi connectivity index (χ1v) is 10.3. The number of nitrogens with one attached hydrogen (secondary N) is 2. The maximum atomic E-state index is 11.5. The average molecular weight is 359 g/mol. The zero-order chi connectivity index (χ0) is 18.4. The van der Waals surface area contributed by atoms with Gasteiger partial charge in [0.05, 0.1) is 6.04 Å². The zero-order valence-corrected chi connectivity index (χ0v) is 16.4. The number of hydrogen-bond acceptors (Lipinski definition) is 5. The number of aryl methyl sites for hydroxylation is 2. The molecule has 2 aliphatic heterocycles. The minimum absolute atomic E-state index is 0.0783. The lowest BCUT2D eigenvalue weighted by Gasteiger charge is -2.35. The second-order valence-corrected chi connectivity index (χ2v) is 7.85. The number of anilines is 1. The van der Waals surface area contributed by atoms with Crippen LogP contribution in [0.4, 0.5) is 5.82 Å². The van der Waals surface area contributed by atoms with Gasteiger partial charge in [-0.3, -0.25) is 9.69 Å². The molecule has 0 radical (unpaired) electrons. The van der Waals surface area contributed by atoms with Gasteiger partial charge in [-0.05, 0) is 77.0 Å². The van der Waals surface area contributed by atoms with Gasteiger partial charge in [0, 0.05) is 31.4 Å². The Kier molecular flexibility index (Phi) is 7.03. The Morgan fingerprint density at radius 2 is 2.15 bits per heavy atom. The number of fused-ring (bicyclic) bond motifs is 1. The topological polar surface area (TPSA) is 57.3 Å². The van der Waals surface area contributed by atoms with Crippen molar-refractivity contribution in [1.82, 2.24) is 15.2 Å². The maximum absolute atomic E-state index is 11.5. The summed E-state index contributed by atoms with van der Waals surface area (Å²) in [4.78, 5) is 18.6. The van der Waals surface area contributed by atoms with Crippen LogP contribution in [0.5, 0.6) is 0 Å². The predicted molar refractivity (Wildman–Crippen MR) is 107 cm³/mol. The summed E-state index contributed by atoms with van der Waals surface area (Å²) < 4.78 is 0. The number of unbranched alkanes of at least 4 members (excludes halogenated alkanes) is 1. The molecular weight excluding hydrogens is 324 g/mol. The molecule has 1 atom stereocenters. The van der Waals surface area contributed by atoms with Crippen LogP contribution in [0.1, 0.15) is 57.2 Å². The molecule has 2 aliphatic rings. The van der Waals surface area contributed by atoms with E-state index in [1.165, 1.54) is 30.5 Å². The molecule has 26 heavy (non-hydrogen) atoms. The van der Waals surface area contributed by atoms with Crippen molar-refractivity contribution >= 4 is 11.6 Å². The number of carbonyl (C=O) groups excluding carboxylic acids is 1. The van der Waals surface area contributed by atoms with Crippen molar-refractivity contribution in [2.24, 2.45) is 0 Å². The molecule has 0 bridgehead atoms. The molecule has 1 aromatic heterocycles. The standard InChI is InChI=1S/C21H34N4O/c1-16(17(2)26)25-14-10-19(11-15-25)22-12-4-3-7-20-9-8-18-6-5-13-23-21(18)24-20/h8-9,16,19,22H,3-7,10-15H2,1-2H3,(H,23,24). The van der Waals surface area contributed by atoms with Crippen LogP contribution in [0.3, 0.4) is 0 Å². The maximum Gasteiger partial charge on any atom is 0.146 e. The lowest BCUT2D eigenvalue weighted by Crippen LogP contribution is -2.47. The molecule has 1 fully saturated rings. The fourth-order valence-corrected chi connectivity index (χ4v) is 3.99. The summed E-state index contributed by atoms with van der Waals surface area (Å²) in [6.07, 6.45) is 8.10. The van der Waals surface area contributed by atoms with E-state index in [9.17, 15) is 4.79 Å². The van der Waals surface area contributed by atoms with Gasteiger partial charge in [-0.1, -0.05) is 6.07 Å². The first kappa shape index (κ1) is 19.3. The molecule has 1 aromatic rings. The molecule has 0 aromatic carbocycles. The summed E-state index contributed by atoms with van der Waals surface area (Å²) in [6.45, 7) is 7.92. The number of aromatic nitrogens is 1. The van der Waals surface area contributed by atoms with Crippen molar-refractivity contribution in [3.8, 4) is 0 Å². The smallest absolute Gasteiger partial charge is 0.146 e. The van der Waals surface area contributed by atoms with Gasteiger partial charge in [-0.25, -0.2) is 4.98 Å². The first-order valence-electron chi connectivity index (χ1n) is 10.3. The van der Waals surface area contributed by atoms with Crippen molar-refractivity contribution in [3.05, 3.63) is 23.4 Å². The fraction of sp³-hybridized carbons (Fsp3) is 0.714. The van der Waals surface area contributed by atoms with Crippen LogP contribution >= 0.6 is 0 Å². The molecule has 3 rings (SSSR count). The molecule has 5 heteroatoms. The highest BCUT2D eigenvalue weighted by Gasteiger charge is 2.24. The highest BCUT2D eigenvalue weighted by molar-refractivity contribution is 5.80. The third-order valence-corrected chi connectivity index (χ3v) is 5.91. The predicted octanol–water partition coefficient (Wildman–Crippen LogP) is 2.79. The van der Waals surface area contributed by atoms with Crippen LogP contribution in [0.25, 0.3) is 0 Å². The molecule has 3 heterocycles. The van der Waals surface area contributed by atoms with Gasteiger partial charge in [0.2, 0.25) is 0 Å². The third-order valence-electron chi connectivity index (χ3n) is 5.91. The molecule has 2 N–H and O–H groups in total. The summed E-state index contributed by atoms with van der Waals surface area (Å²) in [5.41, 5.74) is 2.58. The molecule has 0 saturated carbocycles. The second-order valence-electron chi connectivity index (χ2n) is 7.85. The SMILES string of the molecule is CC(=O)C(C)N1CCC(NCCCCc2ccc3c(n2)NCCC3)CC1. The average Bonchev–Trinajstić information content (AvgIpc) is 2.67. The first-order chi connectivity index (χ1) is 12.6. The Bertz CT molecular complexity index is 596. The number of carbonyl (C=O) groups is 1. The Morgan fingerprint density at radius 3 is 2.92 bits per heavy atom. The summed E-state index contributed by atoms with van der Waals surface area (Å²) in [5, 5.41) is 7.12. The van der Waals surface area contributed by atoms with Crippen molar-refractivity contribution in [2.75, 3.05) is 31.5 Å². The van der Waals surface area contributed by atoms with E-state index in [0.29, 0.717) is 6.04 Å². The van der Waals surface area contributed by atoms with Crippen LogP contribution in [0.2, 0.25) is 0 Å². The monoisotopic (exact) mass is 358 g/mol. The van der Waals surface area contributed by atoms with E-state index in [4.69, 9.17) is 4.98 Å². The molecular formula is C21H34N4O. The molecule has 1 saturated heterocycles. The van der Waals surface area contributed by atoms with Crippen molar-refractivity contribution in [1.29, 1.82) is 0 Å². The zero-order valence-electron chi connectivity index (χ0n) is 16.4. The lowest BCUT2D eigenvalue weighted by atomic mass is 10.0. The summed E-state index contributed by atoms with van der Waals surface area (Å²) in [5.74, 6) is 1.39. The highest BCUT2D eigenvalue weighted by atomic mass is 16.1. The Hall–Kier alpha value is -1.46. The van der Waals surface area contributed by atoms with Gasteiger partial charge in [0.25, 0.3) is 0 Å². The number of rotatable bonds is 8. The normalized spacial score (nSPS) is 19.6. The van der Waals surface area contributed by atoms with Crippen molar-refractivity contribution in [2.45, 2.75) is 70.9 Å². The van der Waals surface area contributed by atoms with Crippen molar-refractivity contribution < 1.29 is 4.79 Å². The third kappa shape index (κ3) is 5.27. The fourth-order valence-electron chi connectivity index (χ4n) is 3.99. The van der Waals surface area contributed by atoms with Gasteiger partial charge in [-0.2, -0.15) is 0 Å².